The van der Waals surface area contributed by atoms with Gasteiger partial charge in [-0.2, -0.15) is 5.10 Å². The molecule has 5 heteroatoms. The molecule has 5 nitrogen and oxygen atoms in total. The van der Waals surface area contributed by atoms with E-state index >= 15 is 0 Å². The standard InChI is InChI=1S/C15H27N3O2/c1-7-15(20,8-2)10-16-13(19)11-9-18(6)17-12(11)14(3,4)5/h9,20H,7-8,10H2,1-6H3,(H,16,19). The number of nitrogens with one attached hydrogen (secondary N) is 1. The van der Waals surface area contributed by atoms with Crippen molar-refractivity contribution in [3.8, 4) is 0 Å². The molecule has 0 fully saturated rings. The second kappa shape index (κ2) is 5.95. The maximum Gasteiger partial charge on any atom is 0.254 e. The first-order chi connectivity index (χ1) is 9.13. The van der Waals surface area contributed by atoms with Crippen LogP contribution in [0.3, 0.4) is 0 Å². The van der Waals surface area contributed by atoms with Gasteiger partial charge in [-0.15, -0.1) is 0 Å². The van der Waals surface area contributed by atoms with Crippen molar-refractivity contribution in [1.29, 1.82) is 0 Å². The number of aromatic nitrogens is 2. The third kappa shape index (κ3) is 3.82. The minimum Gasteiger partial charge on any atom is -0.388 e. The van der Waals surface area contributed by atoms with Crippen molar-refractivity contribution in [2.45, 2.75) is 58.5 Å². The molecule has 0 spiro atoms. The number of hydrogen-bond acceptors (Lipinski definition) is 3. The van der Waals surface area contributed by atoms with E-state index in [2.05, 4.69) is 10.4 Å². The van der Waals surface area contributed by atoms with Crippen molar-refractivity contribution >= 4 is 5.91 Å². The van der Waals surface area contributed by atoms with E-state index in [1.807, 2.05) is 34.6 Å². The molecule has 0 atom stereocenters. The predicted octanol–water partition coefficient (Wildman–Crippen LogP) is 2.00. The van der Waals surface area contributed by atoms with Crippen LogP contribution in [0.25, 0.3) is 0 Å². The number of hydrogen-bond donors (Lipinski definition) is 2. The Morgan fingerprint density at radius 2 is 1.90 bits per heavy atom. The summed E-state index contributed by atoms with van der Waals surface area (Å²) in [6.45, 7) is 10.2. The van der Waals surface area contributed by atoms with Gasteiger partial charge in [0.25, 0.3) is 5.91 Å². The fourth-order valence-corrected chi connectivity index (χ4v) is 2.05. The fraction of sp³-hybridized carbons (Fsp3) is 0.733. The number of nitrogens with zero attached hydrogens (tertiary/aromatic N) is 2. The quantitative estimate of drug-likeness (QED) is 0.867. The predicted molar refractivity (Wildman–Crippen MR) is 79.8 cm³/mol. The smallest absolute Gasteiger partial charge is 0.254 e. The van der Waals surface area contributed by atoms with Crippen molar-refractivity contribution in [3.05, 3.63) is 17.5 Å². The molecule has 20 heavy (non-hydrogen) atoms. The van der Waals surface area contributed by atoms with Crippen LogP contribution in [0.5, 0.6) is 0 Å². The van der Waals surface area contributed by atoms with Crippen LogP contribution in [0.15, 0.2) is 6.20 Å². The third-order valence-electron chi connectivity index (χ3n) is 3.68. The minimum absolute atomic E-state index is 0.177. The van der Waals surface area contributed by atoms with Gasteiger partial charge in [-0.05, 0) is 12.8 Å². The Morgan fingerprint density at radius 3 is 2.35 bits per heavy atom. The highest BCUT2D eigenvalue weighted by Gasteiger charge is 2.28. The first-order valence-corrected chi connectivity index (χ1v) is 7.17. The van der Waals surface area contributed by atoms with Crippen molar-refractivity contribution in [3.63, 3.8) is 0 Å². The summed E-state index contributed by atoms with van der Waals surface area (Å²) in [4.78, 5) is 12.3. The van der Waals surface area contributed by atoms with Crippen molar-refractivity contribution in [2.24, 2.45) is 7.05 Å². The number of carbonyl (C=O) groups is 1. The van der Waals surface area contributed by atoms with Gasteiger partial charge in [0.15, 0.2) is 0 Å². The van der Waals surface area contributed by atoms with Gasteiger partial charge >= 0.3 is 0 Å². The SMILES string of the molecule is CCC(O)(CC)CNC(=O)c1cn(C)nc1C(C)(C)C. The van der Waals surface area contributed by atoms with E-state index in [9.17, 15) is 9.90 Å². The molecular formula is C15H27N3O2. The summed E-state index contributed by atoms with van der Waals surface area (Å²) in [5.41, 5.74) is 0.322. The second-order valence-corrected chi connectivity index (χ2v) is 6.43. The zero-order valence-corrected chi connectivity index (χ0v) is 13.4. The lowest BCUT2D eigenvalue weighted by molar-refractivity contribution is 0.0313. The van der Waals surface area contributed by atoms with Crippen molar-refractivity contribution < 1.29 is 9.90 Å². The molecule has 1 amide bonds. The average Bonchev–Trinajstić information content (AvgIpc) is 2.78. The summed E-state index contributed by atoms with van der Waals surface area (Å²) < 4.78 is 1.65. The van der Waals surface area contributed by atoms with Crippen LogP contribution in [-0.4, -0.2) is 32.9 Å². The van der Waals surface area contributed by atoms with E-state index in [1.54, 1.807) is 17.9 Å². The third-order valence-corrected chi connectivity index (χ3v) is 3.68. The van der Waals surface area contributed by atoms with Gasteiger partial charge in [-0.3, -0.25) is 9.48 Å². The number of aliphatic hydroxyl groups is 1. The molecule has 2 N–H and O–H groups in total. The number of carbonyl (C=O) groups excluding carboxylic acids is 1. The van der Waals surface area contributed by atoms with Crippen LogP contribution in [-0.2, 0) is 12.5 Å². The normalized spacial score (nSPS) is 12.6. The Kier molecular flexibility index (Phi) is 4.97. The highest BCUT2D eigenvalue weighted by Crippen LogP contribution is 2.24. The number of aryl methyl sites for hydroxylation is 1. The lowest BCUT2D eigenvalue weighted by atomic mass is 9.89. The first kappa shape index (κ1) is 16.7. The van der Waals surface area contributed by atoms with Gasteiger partial charge in [0.2, 0.25) is 0 Å². The van der Waals surface area contributed by atoms with Gasteiger partial charge < -0.3 is 10.4 Å². The molecule has 0 unspecified atom stereocenters. The van der Waals surface area contributed by atoms with E-state index in [1.165, 1.54) is 0 Å². The molecule has 0 bridgehead atoms. The molecule has 114 valence electrons. The monoisotopic (exact) mass is 281 g/mol. The van der Waals surface area contributed by atoms with Gasteiger partial charge in [0, 0.05) is 25.2 Å². The largest absolute Gasteiger partial charge is 0.388 e. The Balaban J connectivity index is 2.89. The summed E-state index contributed by atoms with van der Waals surface area (Å²) in [6.07, 6.45) is 2.96. The van der Waals surface area contributed by atoms with Crippen LogP contribution >= 0.6 is 0 Å². The maximum atomic E-state index is 12.3. The van der Waals surface area contributed by atoms with Crippen LogP contribution in [0, 0.1) is 0 Å². The van der Waals surface area contributed by atoms with Gasteiger partial charge in [-0.1, -0.05) is 34.6 Å². The van der Waals surface area contributed by atoms with Crippen molar-refractivity contribution in [2.75, 3.05) is 6.54 Å². The van der Waals surface area contributed by atoms with Gasteiger partial charge in [0.05, 0.1) is 16.9 Å². The average molecular weight is 281 g/mol. The molecule has 1 heterocycles. The summed E-state index contributed by atoms with van der Waals surface area (Å²) in [6, 6.07) is 0. The number of rotatable bonds is 5. The molecule has 0 saturated heterocycles. The van der Waals surface area contributed by atoms with Crippen LogP contribution in [0.1, 0.15) is 63.5 Å². The lowest BCUT2D eigenvalue weighted by Gasteiger charge is -2.25. The molecule has 0 saturated carbocycles. The number of amides is 1. The topological polar surface area (TPSA) is 67.2 Å². The molecule has 0 aromatic carbocycles. The minimum atomic E-state index is -0.834. The Hall–Kier alpha value is -1.36. The fourth-order valence-electron chi connectivity index (χ4n) is 2.05. The summed E-state index contributed by atoms with van der Waals surface area (Å²) in [5.74, 6) is -0.177. The maximum absolute atomic E-state index is 12.3. The van der Waals surface area contributed by atoms with E-state index in [0.29, 0.717) is 18.4 Å². The molecule has 1 rings (SSSR count). The molecule has 0 radical (unpaired) electrons. The molecule has 0 aliphatic heterocycles. The Bertz CT molecular complexity index is 468. The van der Waals surface area contributed by atoms with Crippen LogP contribution in [0.4, 0.5) is 0 Å². The zero-order chi connectivity index (χ0) is 15.6. The summed E-state index contributed by atoms with van der Waals surface area (Å²) in [7, 11) is 1.81. The van der Waals surface area contributed by atoms with E-state index < -0.39 is 5.60 Å². The zero-order valence-electron chi connectivity index (χ0n) is 13.4. The molecule has 0 aliphatic rings. The molecular weight excluding hydrogens is 254 g/mol. The lowest BCUT2D eigenvalue weighted by Crippen LogP contribution is -2.42. The Labute approximate surface area is 121 Å². The van der Waals surface area contributed by atoms with E-state index in [4.69, 9.17) is 0 Å². The highest BCUT2D eigenvalue weighted by atomic mass is 16.3. The first-order valence-electron chi connectivity index (χ1n) is 7.17. The van der Waals surface area contributed by atoms with Gasteiger partial charge in [-0.25, -0.2) is 0 Å². The Morgan fingerprint density at radius 1 is 1.35 bits per heavy atom. The molecule has 0 aliphatic carbocycles. The summed E-state index contributed by atoms with van der Waals surface area (Å²) in [5, 5.41) is 17.4. The second-order valence-electron chi connectivity index (χ2n) is 6.43. The van der Waals surface area contributed by atoms with Crippen LogP contribution in [0.2, 0.25) is 0 Å². The highest BCUT2D eigenvalue weighted by molar-refractivity contribution is 5.95. The van der Waals surface area contributed by atoms with E-state index in [-0.39, 0.29) is 17.9 Å². The van der Waals surface area contributed by atoms with Crippen molar-refractivity contribution in [1.82, 2.24) is 15.1 Å². The van der Waals surface area contributed by atoms with E-state index in [0.717, 1.165) is 5.69 Å². The summed E-state index contributed by atoms with van der Waals surface area (Å²) >= 11 is 0. The molecule has 1 aromatic heterocycles. The van der Waals surface area contributed by atoms with Gasteiger partial charge in [0.1, 0.15) is 0 Å². The van der Waals surface area contributed by atoms with Crippen LogP contribution < -0.4 is 5.32 Å². The molecule has 1 aromatic rings.